The molecule has 1 fully saturated rings. The van der Waals surface area contributed by atoms with E-state index in [1.54, 1.807) is 11.8 Å². The first kappa shape index (κ1) is 19.6. The van der Waals surface area contributed by atoms with Crippen molar-refractivity contribution in [1.82, 2.24) is 4.90 Å². The van der Waals surface area contributed by atoms with Gasteiger partial charge in [-0.1, -0.05) is 78.9 Å². The van der Waals surface area contributed by atoms with Gasteiger partial charge in [0.25, 0.3) is 0 Å². The summed E-state index contributed by atoms with van der Waals surface area (Å²) in [5.41, 5.74) is 5.80. The van der Waals surface area contributed by atoms with Crippen molar-refractivity contribution < 1.29 is 14.3 Å². The van der Waals surface area contributed by atoms with Crippen molar-refractivity contribution >= 4 is 11.9 Å². The number of carbonyl (C=O) groups is 2. The SMILES string of the molecule is CC(=O)[C@@H]1CC[C@@H](c2ccccc2)N1C(=O)OCC1c2ccccc2-c2ccccc21. The molecular weight excluding hydrogens is 386 g/mol. The average Bonchev–Trinajstić information content (AvgIpc) is 3.38. The summed E-state index contributed by atoms with van der Waals surface area (Å²) in [6, 6.07) is 25.9. The molecule has 31 heavy (non-hydrogen) atoms. The summed E-state index contributed by atoms with van der Waals surface area (Å²) in [6.07, 6.45) is 1.02. The fraction of sp³-hybridized carbons (Fsp3) is 0.259. The van der Waals surface area contributed by atoms with Gasteiger partial charge in [-0.25, -0.2) is 4.79 Å². The zero-order chi connectivity index (χ0) is 21.4. The van der Waals surface area contributed by atoms with Gasteiger partial charge in [-0.2, -0.15) is 0 Å². The van der Waals surface area contributed by atoms with E-state index < -0.39 is 12.1 Å². The van der Waals surface area contributed by atoms with Gasteiger partial charge in [0.1, 0.15) is 6.61 Å². The second kappa shape index (κ2) is 8.03. The van der Waals surface area contributed by atoms with Crippen LogP contribution in [0.25, 0.3) is 11.1 Å². The molecule has 1 heterocycles. The Morgan fingerprint density at radius 1 is 0.839 bits per heavy atom. The Balaban J connectivity index is 1.40. The molecule has 3 aromatic rings. The first-order valence-electron chi connectivity index (χ1n) is 10.8. The van der Waals surface area contributed by atoms with E-state index in [4.69, 9.17) is 4.74 Å². The fourth-order valence-electron chi connectivity index (χ4n) is 5.14. The summed E-state index contributed by atoms with van der Waals surface area (Å²) in [4.78, 5) is 27.2. The van der Waals surface area contributed by atoms with Crippen molar-refractivity contribution in [2.45, 2.75) is 37.8 Å². The number of carbonyl (C=O) groups excluding carboxylic acids is 2. The minimum absolute atomic E-state index is 0.00454. The summed E-state index contributed by atoms with van der Waals surface area (Å²) < 4.78 is 5.89. The predicted octanol–water partition coefficient (Wildman–Crippen LogP) is 5.73. The number of ether oxygens (including phenoxy) is 1. The quantitative estimate of drug-likeness (QED) is 0.551. The average molecular weight is 412 g/mol. The van der Waals surface area contributed by atoms with Crippen LogP contribution in [0.4, 0.5) is 4.79 Å². The third-order valence-electron chi connectivity index (χ3n) is 6.59. The first-order valence-corrected chi connectivity index (χ1v) is 10.8. The summed E-state index contributed by atoms with van der Waals surface area (Å²) >= 11 is 0. The number of fused-ring (bicyclic) bond motifs is 3. The molecule has 2 aliphatic rings. The van der Waals surface area contributed by atoms with Crippen LogP contribution in [-0.2, 0) is 9.53 Å². The summed E-state index contributed by atoms with van der Waals surface area (Å²) in [7, 11) is 0. The van der Waals surface area contributed by atoms with Gasteiger partial charge in [0.15, 0.2) is 5.78 Å². The number of hydrogen-bond donors (Lipinski definition) is 0. The molecule has 2 atom stereocenters. The Kier molecular flexibility index (Phi) is 5.06. The molecule has 1 aliphatic heterocycles. The van der Waals surface area contributed by atoms with Gasteiger partial charge in [-0.3, -0.25) is 9.69 Å². The number of nitrogens with zero attached hydrogens (tertiary/aromatic N) is 1. The highest BCUT2D eigenvalue weighted by Crippen LogP contribution is 2.45. The van der Waals surface area contributed by atoms with Gasteiger partial charge < -0.3 is 4.74 Å². The minimum Gasteiger partial charge on any atom is -0.448 e. The van der Waals surface area contributed by atoms with Crippen LogP contribution in [0.1, 0.15) is 48.4 Å². The third kappa shape index (κ3) is 3.42. The van der Waals surface area contributed by atoms with Gasteiger partial charge in [0, 0.05) is 5.92 Å². The van der Waals surface area contributed by atoms with E-state index in [2.05, 4.69) is 24.3 Å². The normalized spacial score (nSPS) is 19.7. The van der Waals surface area contributed by atoms with E-state index in [1.807, 2.05) is 54.6 Å². The lowest BCUT2D eigenvalue weighted by molar-refractivity contribution is -0.121. The van der Waals surface area contributed by atoms with Crippen molar-refractivity contribution in [2.75, 3.05) is 6.61 Å². The Morgan fingerprint density at radius 3 is 2.03 bits per heavy atom. The maximum absolute atomic E-state index is 13.3. The van der Waals surface area contributed by atoms with Crippen LogP contribution >= 0.6 is 0 Å². The van der Waals surface area contributed by atoms with Gasteiger partial charge in [-0.15, -0.1) is 0 Å². The molecule has 4 heteroatoms. The molecule has 0 radical (unpaired) electrons. The number of Topliss-reactive ketones (excluding diaryl/α,β-unsaturated/α-hetero) is 1. The molecule has 5 rings (SSSR count). The van der Waals surface area contributed by atoms with Crippen LogP contribution in [0.3, 0.4) is 0 Å². The van der Waals surface area contributed by atoms with Gasteiger partial charge >= 0.3 is 6.09 Å². The number of amides is 1. The van der Waals surface area contributed by atoms with Crippen molar-refractivity contribution in [3.8, 4) is 11.1 Å². The lowest BCUT2D eigenvalue weighted by atomic mass is 9.98. The standard InChI is InChI=1S/C27H25NO3/c1-18(29)25-15-16-26(19-9-3-2-4-10-19)28(25)27(30)31-17-24-22-13-7-5-11-20(22)21-12-6-8-14-23(21)24/h2-14,24-26H,15-17H2,1H3/t25-,26-/m0/s1. The van der Waals surface area contributed by atoms with E-state index in [0.29, 0.717) is 6.42 Å². The van der Waals surface area contributed by atoms with E-state index in [-0.39, 0.29) is 24.3 Å². The second-order valence-corrected chi connectivity index (χ2v) is 8.34. The fourth-order valence-corrected chi connectivity index (χ4v) is 5.14. The molecule has 0 bridgehead atoms. The predicted molar refractivity (Wildman–Crippen MR) is 120 cm³/mol. The lowest BCUT2D eigenvalue weighted by Crippen LogP contribution is -2.41. The lowest BCUT2D eigenvalue weighted by Gasteiger charge is -2.29. The van der Waals surface area contributed by atoms with Gasteiger partial charge in [-0.05, 0) is 47.6 Å². The van der Waals surface area contributed by atoms with Crippen molar-refractivity contribution in [3.05, 3.63) is 95.6 Å². The number of ketones is 1. The molecular formula is C27H25NO3. The number of likely N-dealkylation sites (tertiary alicyclic amines) is 1. The van der Waals surface area contributed by atoms with Crippen LogP contribution in [-0.4, -0.2) is 29.4 Å². The highest BCUT2D eigenvalue weighted by Gasteiger charge is 2.41. The molecule has 1 aliphatic carbocycles. The van der Waals surface area contributed by atoms with Crippen LogP contribution in [0.15, 0.2) is 78.9 Å². The Morgan fingerprint density at radius 2 is 1.42 bits per heavy atom. The Labute approximate surface area is 182 Å². The molecule has 1 saturated heterocycles. The molecule has 3 aromatic carbocycles. The van der Waals surface area contributed by atoms with Gasteiger partial charge in [0.2, 0.25) is 0 Å². The van der Waals surface area contributed by atoms with E-state index in [0.717, 1.165) is 12.0 Å². The number of rotatable bonds is 4. The van der Waals surface area contributed by atoms with Crippen molar-refractivity contribution in [3.63, 3.8) is 0 Å². The molecule has 0 N–H and O–H groups in total. The van der Waals surface area contributed by atoms with Crippen molar-refractivity contribution in [1.29, 1.82) is 0 Å². The van der Waals surface area contributed by atoms with E-state index >= 15 is 0 Å². The molecule has 0 saturated carbocycles. The third-order valence-corrected chi connectivity index (χ3v) is 6.59. The summed E-state index contributed by atoms with van der Waals surface area (Å²) in [5, 5.41) is 0. The van der Waals surface area contributed by atoms with Crippen LogP contribution < -0.4 is 0 Å². The smallest absolute Gasteiger partial charge is 0.410 e. The highest BCUT2D eigenvalue weighted by molar-refractivity contribution is 5.86. The molecule has 0 unspecified atom stereocenters. The summed E-state index contributed by atoms with van der Waals surface area (Å²) in [5.74, 6) is 0.0110. The molecule has 0 aromatic heterocycles. The molecule has 0 spiro atoms. The van der Waals surface area contributed by atoms with Crippen LogP contribution in [0.2, 0.25) is 0 Å². The molecule has 4 nitrogen and oxygen atoms in total. The van der Waals surface area contributed by atoms with E-state index in [1.165, 1.54) is 22.3 Å². The number of hydrogen-bond acceptors (Lipinski definition) is 3. The number of benzene rings is 3. The zero-order valence-corrected chi connectivity index (χ0v) is 17.5. The Hall–Kier alpha value is -3.40. The topological polar surface area (TPSA) is 46.6 Å². The van der Waals surface area contributed by atoms with Crippen molar-refractivity contribution in [2.24, 2.45) is 0 Å². The maximum atomic E-state index is 13.3. The molecule has 156 valence electrons. The van der Waals surface area contributed by atoms with Gasteiger partial charge in [0.05, 0.1) is 12.1 Å². The Bertz CT molecular complexity index is 1080. The zero-order valence-electron chi connectivity index (χ0n) is 17.5. The first-order chi connectivity index (χ1) is 15.1. The maximum Gasteiger partial charge on any atom is 0.410 e. The van der Waals surface area contributed by atoms with Crippen LogP contribution in [0, 0.1) is 0 Å². The van der Waals surface area contributed by atoms with E-state index in [9.17, 15) is 9.59 Å². The summed E-state index contributed by atoms with van der Waals surface area (Å²) in [6.45, 7) is 1.82. The molecule has 1 amide bonds. The van der Waals surface area contributed by atoms with Crippen LogP contribution in [0.5, 0.6) is 0 Å². The second-order valence-electron chi connectivity index (χ2n) is 8.34. The highest BCUT2D eigenvalue weighted by atomic mass is 16.6. The minimum atomic E-state index is -0.430. The largest absolute Gasteiger partial charge is 0.448 e. The monoisotopic (exact) mass is 411 g/mol.